The van der Waals surface area contributed by atoms with E-state index in [-0.39, 0.29) is 10.8 Å². The fraction of sp³-hybridized carbons (Fsp3) is 0.842. The van der Waals surface area contributed by atoms with E-state index in [1.165, 1.54) is 24.8 Å². The zero-order valence-electron chi connectivity index (χ0n) is 13.6. The molecule has 0 radical (unpaired) electrons. The normalized spacial score (nSPS) is 55.7. The first-order valence-electron chi connectivity index (χ1n) is 8.74. The van der Waals surface area contributed by atoms with Gasteiger partial charge in [-0.1, -0.05) is 19.4 Å². The summed E-state index contributed by atoms with van der Waals surface area (Å²) in [6.45, 7) is 6.73. The van der Waals surface area contributed by atoms with E-state index in [1.54, 1.807) is 0 Å². The molecule has 1 N–H and O–H groups in total. The second-order valence-electron chi connectivity index (χ2n) is 8.91. The molecule has 4 rings (SSSR count). The molecule has 21 heavy (non-hydrogen) atoms. The van der Waals surface area contributed by atoms with Gasteiger partial charge in [-0.15, -0.1) is 0 Å². The van der Waals surface area contributed by atoms with Crippen LogP contribution < -0.4 is 0 Å². The lowest BCUT2D eigenvalue weighted by molar-refractivity contribution is -0.124. The van der Waals surface area contributed by atoms with Gasteiger partial charge < -0.3 is 5.11 Å². The average Bonchev–Trinajstić information content (AvgIpc) is 2.83. The van der Waals surface area contributed by atoms with E-state index in [2.05, 4.69) is 20.8 Å². The largest absolute Gasteiger partial charge is 0.390 e. The topological polar surface area (TPSA) is 37.3 Å². The molecule has 0 heterocycles. The molecule has 4 aliphatic rings. The van der Waals surface area contributed by atoms with Crippen molar-refractivity contribution < 1.29 is 9.90 Å². The lowest BCUT2D eigenvalue weighted by Crippen LogP contribution is -2.53. The Morgan fingerprint density at radius 3 is 2.57 bits per heavy atom. The molecular formula is C19H28O2. The van der Waals surface area contributed by atoms with Gasteiger partial charge >= 0.3 is 0 Å². The molecule has 6 atom stereocenters. The predicted molar refractivity (Wildman–Crippen MR) is 82.7 cm³/mol. The van der Waals surface area contributed by atoms with Crippen LogP contribution >= 0.6 is 0 Å². The van der Waals surface area contributed by atoms with E-state index < -0.39 is 5.60 Å². The van der Waals surface area contributed by atoms with E-state index in [4.69, 9.17) is 0 Å². The van der Waals surface area contributed by atoms with Crippen molar-refractivity contribution in [3.8, 4) is 0 Å². The van der Waals surface area contributed by atoms with Crippen molar-refractivity contribution in [3.63, 3.8) is 0 Å². The minimum absolute atomic E-state index is 0.0916. The van der Waals surface area contributed by atoms with E-state index in [9.17, 15) is 9.90 Å². The maximum atomic E-state index is 12.0. The van der Waals surface area contributed by atoms with Crippen molar-refractivity contribution in [2.45, 2.75) is 71.3 Å². The summed E-state index contributed by atoms with van der Waals surface area (Å²) in [5.41, 5.74) is 1.16. The van der Waals surface area contributed by atoms with E-state index in [1.807, 2.05) is 6.08 Å². The monoisotopic (exact) mass is 288 g/mol. The molecule has 0 aromatic heterocycles. The molecule has 2 heteroatoms. The molecule has 2 nitrogen and oxygen atoms in total. The fourth-order valence-electron chi connectivity index (χ4n) is 6.66. The minimum Gasteiger partial charge on any atom is -0.390 e. The Bertz CT molecular complexity index is 532. The Morgan fingerprint density at radius 2 is 1.81 bits per heavy atom. The second kappa shape index (κ2) is 4.01. The van der Waals surface area contributed by atoms with Crippen molar-refractivity contribution >= 4 is 5.78 Å². The summed E-state index contributed by atoms with van der Waals surface area (Å²) in [6.07, 6.45) is 9.48. The summed E-state index contributed by atoms with van der Waals surface area (Å²) in [5, 5.41) is 10.9. The average molecular weight is 288 g/mol. The summed E-state index contributed by atoms with van der Waals surface area (Å²) < 4.78 is 0. The van der Waals surface area contributed by atoms with E-state index >= 15 is 0 Å². The Kier molecular flexibility index (Phi) is 2.67. The predicted octanol–water partition coefficient (Wildman–Crippen LogP) is 3.88. The zero-order chi connectivity index (χ0) is 15.0. The van der Waals surface area contributed by atoms with Crippen LogP contribution in [-0.2, 0) is 4.79 Å². The van der Waals surface area contributed by atoms with Crippen LogP contribution in [0, 0.1) is 28.6 Å². The summed E-state index contributed by atoms with van der Waals surface area (Å²) >= 11 is 0. The Morgan fingerprint density at radius 1 is 1.10 bits per heavy atom. The number of rotatable bonds is 0. The number of hydrogen-bond donors (Lipinski definition) is 1. The van der Waals surface area contributed by atoms with Crippen LogP contribution in [0.2, 0.25) is 0 Å². The Labute approximate surface area is 128 Å². The van der Waals surface area contributed by atoms with Gasteiger partial charge in [0.1, 0.15) is 0 Å². The van der Waals surface area contributed by atoms with Gasteiger partial charge in [0.15, 0.2) is 5.78 Å². The van der Waals surface area contributed by atoms with Gasteiger partial charge in [0.25, 0.3) is 0 Å². The molecule has 0 amide bonds. The van der Waals surface area contributed by atoms with Crippen LogP contribution in [0.25, 0.3) is 0 Å². The smallest absolute Gasteiger partial charge is 0.156 e. The lowest BCUT2D eigenvalue weighted by atomic mass is 9.48. The molecular weight excluding hydrogens is 260 g/mol. The van der Waals surface area contributed by atoms with Gasteiger partial charge in [0, 0.05) is 6.42 Å². The number of hydrogen-bond acceptors (Lipinski definition) is 2. The number of carbonyl (C=O) groups is 1. The van der Waals surface area contributed by atoms with Gasteiger partial charge in [-0.05, 0) is 80.1 Å². The van der Waals surface area contributed by atoms with Crippen molar-refractivity contribution in [1.29, 1.82) is 0 Å². The van der Waals surface area contributed by atoms with E-state index in [0.29, 0.717) is 23.5 Å². The minimum atomic E-state index is -0.495. The third-order valence-corrected chi connectivity index (χ3v) is 8.17. The first kappa shape index (κ1) is 14.0. The fourth-order valence-corrected chi connectivity index (χ4v) is 6.66. The second-order valence-corrected chi connectivity index (χ2v) is 8.91. The van der Waals surface area contributed by atoms with Gasteiger partial charge in [-0.25, -0.2) is 0 Å². The third-order valence-electron chi connectivity index (χ3n) is 8.17. The molecule has 4 aliphatic carbocycles. The summed E-state index contributed by atoms with van der Waals surface area (Å²) in [5.74, 6) is 2.38. The highest BCUT2D eigenvalue weighted by Crippen LogP contribution is 2.67. The highest BCUT2D eigenvalue weighted by atomic mass is 16.3. The molecule has 3 saturated carbocycles. The van der Waals surface area contributed by atoms with Gasteiger partial charge in [0.2, 0.25) is 0 Å². The zero-order valence-corrected chi connectivity index (χ0v) is 13.6. The maximum absolute atomic E-state index is 12.0. The van der Waals surface area contributed by atoms with Crippen LogP contribution in [0.4, 0.5) is 0 Å². The first-order valence-corrected chi connectivity index (χ1v) is 8.74. The van der Waals surface area contributed by atoms with Crippen LogP contribution in [0.15, 0.2) is 11.6 Å². The number of fused-ring (bicyclic) bond motifs is 5. The Hall–Kier alpha value is -0.630. The maximum Gasteiger partial charge on any atom is 0.156 e. The van der Waals surface area contributed by atoms with Crippen LogP contribution in [0.1, 0.15) is 65.7 Å². The summed E-state index contributed by atoms with van der Waals surface area (Å²) in [6, 6.07) is 0. The van der Waals surface area contributed by atoms with Gasteiger partial charge in [0.05, 0.1) is 5.60 Å². The highest BCUT2D eigenvalue weighted by Gasteiger charge is 2.62. The van der Waals surface area contributed by atoms with Gasteiger partial charge in [-0.3, -0.25) is 4.79 Å². The summed E-state index contributed by atoms with van der Waals surface area (Å²) in [7, 11) is 0. The van der Waals surface area contributed by atoms with Crippen LogP contribution in [-0.4, -0.2) is 16.5 Å². The van der Waals surface area contributed by atoms with Crippen LogP contribution in [0.3, 0.4) is 0 Å². The Balaban J connectivity index is 1.70. The number of carbonyl (C=O) groups excluding carboxylic acids is 1. The van der Waals surface area contributed by atoms with E-state index in [0.717, 1.165) is 25.7 Å². The third kappa shape index (κ3) is 1.60. The van der Waals surface area contributed by atoms with Crippen molar-refractivity contribution in [1.82, 2.24) is 0 Å². The van der Waals surface area contributed by atoms with Crippen molar-refractivity contribution in [3.05, 3.63) is 11.6 Å². The molecule has 0 aromatic rings. The number of aliphatic hydroxyl groups is 1. The molecule has 3 fully saturated rings. The molecule has 0 bridgehead atoms. The summed E-state index contributed by atoms with van der Waals surface area (Å²) in [4.78, 5) is 12.0. The molecule has 0 aliphatic heterocycles. The molecule has 116 valence electrons. The van der Waals surface area contributed by atoms with Crippen LogP contribution in [0.5, 0.6) is 0 Å². The molecule has 0 saturated heterocycles. The molecule has 0 aromatic carbocycles. The number of allylic oxidation sites excluding steroid dienone is 2. The lowest BCUT2D eigenvalue weighted by Gasteiger charge is -2.57. The highest BCUT2D eigenvalue weighted by molar-refractivity contribution is 5.94. The standard InChI is InChI=1S/C19H28O2/c1-17-11-13(20)10-12(17)4-5-14-15(17)6-8-18(2)16(14)7-9-19(18,3)21/h10,14-16,21H,4-9,11H2,1-3H3/t14-,15-,16-,17+,18-,19+/m0/s1. The first-order chi connectivity index (χ1) is 9.78. The SMILES string of the molecule is C[C@]12CC[C@H]3[C@H](CCC4=CC(=O)C[C@]43C)[C@@H]1CC[C@@]2(C)O. The van der Waals surface area contributed by atoms with Crippen molar-refractivity contribution in [2.24, 2.45) is 28.6 Å². The molecule has 0 spiro atoms. The number of ketones is 1. The van der Waals surface area contributed by atoms with Crippen molar-refractivity contribution in [2.75, 3.05) is 0 Å². The van der Waals surface area contributed by atoms with Gasteiger partial charge in [-0.2, -0.15) is 0 Å². The molecule has 0 unspecified atom stereocenters. The quantitative estimate of drug-likeness (QED) is 0.734.